The number of hydrogen-bond donors (Lipinski definition) is 2. The third kappa shape index (κ3) is 5.38. The van der Waals surface area contributed by atoms with Crippen LogP contribution in [0.4, 0.5) is 5.69 Å². The van der Waals surface area contributed by atoms with E-state index >= 15 is 0 Å². The van der Waals surface area contributed by atoms with E-state index in [0.717, 1.165) is 15.8 Å². The number of ether oxygens (including phenoxy) is 1. The summed E-state index contributed by atoms with van der Waals surface area (Å²) in [5.74, 6) is 0.313. The molecule has 0 atom stereocenters. The summed E-state index contributed by atoms with van der Waals surface area (Å²) in [6, 6.07) is 14.9. The van der Waals surface area contributed by atoms with Crippen molar-refractivity contribution in [2.75, 3.05) is 19.0 Å². The molecule has 2 aromatic carbocycles. The van der Waals surface area contributed by atoms with Gasteiger partial charge in [-0.25, -0.2) is 0 Å². The van der Waals surface area contributed by atoms with Crippen molar-refractivity contribution in [3.63, 3.8) is 0 Å². The average Bonchev–Trinajstić information content (AvgIpc) is 2.60. The van der Waals surface area contributed by atoms with Crippen LogP contribution < -0.4 is 15.4 Å². The van der Waals surface area contributed by atoms with Crippen LogP contribution in [-0.2, 0) is 16.0 Å². The van der Waals surface area contributed by atoms with Crippen LogP contribution in [0.1, 0.15) is 12.0 Å². The van der Waals surface area contributed by atoms with E-state index in [1.54, 1.807) is 13.2 Å². The van der Waals surface area contributed by atoms with Crippen LogP contribution in [0.15, 0.2) is 53.0 Å². The zero-order chi connectivity index (χ0) is 17.4. The molecule has 0 aliphatic heterocycles. The zero-order valence-electron chi connectivity index (χ0n) is 13.3. The molecule has 24 heavy (non-hydrogen) atoms. The Bertz CT molecular complexity index is 719. The molecule has 0 heterocycles. The number of rotatable bonds is 7. The van der Waals surface area contributed by atoms with Crippen molar-refractivity contribution in [2.45, 2.75) is 12.8 Å². The molecule has 2 N–H and O–H groups in total. The van der Waals surface area contributed by atoms with Crippen molar-refractivity contribution in [3.05, 3.63) is 58.6 Å². The van der Waals surface area contributed by atoms with Crippen LogP contribution >= 0.6 is 15.9 Å². The molecule has 0 aromatic heterocycles. The van der Waals surface area contributed by atoms with Gasteiger partial charge in [0, 0.05) is 10.9 Å². The molecule has 2 aromatic rings. The minimum atomic E-state index is -0.271. The van der Waals surface area contributed by atoms with Gasteiger partial charge in [-0.15, -0.1) is 0 Å². The van der Waals surface area contributed by atoms with Crippen molar-refractivity contribution in [1.29, 1.82) is 0 Å². The first-order chi connectivity index (χ1) is 11.6. The fourth-order valence-electron chi connectivity index (χ4n) is 2.18. The molecule has 6 heteroatoms. The van der Waals surface area contributed by atoms with Gasteiger partial charge in [-0.05, 0) is 46.1 Å². The summed E-state index contributed by atoms with van der Waals surface area (Å²) < 4.78 is 6.05. The Morgan fingerprint density at radius 2 is 1.75 bits per heavy atom. The molecular weight excluding hydrogens is 372 g/mol. The molecule has 0 aliphatic rings. The summed E-state index contributed by atoms with van der Waals surface area (Å²) >= 11 is 3.36. The number of carbonyl (C=O) groups excluding carboxylic acids is 2. The molecule has 0 bridgehead atoms. The standard InChI is InChI=1S/C18H19BrN2O3/c1-24-16-9-5-2-6-13(16)10-11-17(22)20-12-18(23)21-15-8-4-3-7-14(15)19/h2-9H,10-12H2,1H3,(H,20,22)(H,21,23). The average molecular weight is 391 g/mol. The lowest BCUT2D eigenvalue weighted by Crippen LogP contribution is -2.33. The second-order valence-corrected chi connectivity index (χ2v) is 5.97. The minimum absolute atomic E-state index is 0.0634. The van der Waals surface area contributed by atoms with Crippen molar-refractivity contribution < 1.29 is 14.3 Å². The summed E-state index contributed by atoms with van der Waals surface area (Å²) in [6.07, 6.45) is 0.852. The van der Waals surface area contributed by atoms with E-state index in [4.69, 9.17) is 4.74 Å². The maximum atomic E-state index is 11.9. The number of nitrogens with one attached hydrogen (secondary N) is 2. The molecule has 0 saturated carbocycles. The number of hydrogen-bond acceptors (Lipinski definition) is 3. The molecule has 5 nitrogen and oxygen atoms in total. The third-order valence-corrected chi connectivity index (χ3v) is 4.10. The number of amides is 2. The van der Waals surface area contributed by atoms with E-state index in [1.165, 1.54) is 0 Å². The highest BCUT2D eigenvalue weighted by Crippen LogP contribution is 2.21. The fraction of sp³-hybridized carbons (Fsp3) is 0.222. The molecule has 0 spiro atoms. The van der Waals surface area contributed by atoms with Gasteiger partial charge in [0.25, 0.3) is 0 Å². The topological polar surface area (TPSA) is 67.4 Å². The second kappa shape index (κ2) is 9.08. The highest BCUT2D eigenvalue weighted by molar-refractivity contribution is 9.10. The van der Waals surface area contributed by atoms with Crippen molar-refractivity contribution >= 4 is 33.4 Å². The largest absolute Gasteiger partial charge is 0.496 e. The van der Waals surface area contributed by atoms with Gasteiger partial charge in [-0.3, -0.25) is 9.59 Å². The summed E-state index contributed by atoms with van der Waals surface area (Å²) in [5, 5.41) is 5.36. The molecule has 2 amide bonds. The maximum absolute atomic E-state index is 11.9. The number of halogens is 1. The van der Waals surface area contributed by atoms with Gasteiger partial charge in [-0.2, -0.15) is 0 Å². The Balaban J connectivity index is 1.77. The number of aryl methyl sites for hydroxylation is 1. The second-order valence-electron chi connectivity index (χ2n) is 5.12. The predicted octanol–water partition coefficient (Wildman–Crippen LogP) is 3.15. The normalized spacial score (nSPS) is 10.1. The Morgan fingerprint density at radius 3 is 2.50 bits per heavy atom. The predicted molar refractivity (Wildman–Crippen MR) is 97.1 cm³/mol. The SMILES string of the molecule is COc1ccccc1CCC(=O)NCC(=O)Nc1ccccc1Br. The third-order valence-electron chi connectivity index (χ3n) is 3.41. The molecular formula is C18H19BrN2O3. The van der Waals surface area contributed by atoms with E-state index in [0.29, 0.717) is 18.5 Å². The number of benzene rings is 2. The Kier molecular flexibility index (Phi) is 6.81. The first-order valence-electron chi connectivity index (χ1n) is 7.53. The number of carbonyl (C=O) groups is 2. The number of anilines is 1. The Labute approximate surface area is 149 Å². The quantitative estimate of drug-likeness (QED) is 0.762. The van der Waals surface area contributed by atoms with E-state index in [1.807, 2.05) is 42.5 Å². The van der Waals surface area contributed by atoms with Crippen LogP contribution in [0.5, 0.6) is 5.75 Å². The van der Waals surface area contributed by atoms with Crippen LogP contribution in [0.2, 0.25) is 0 Å². The first-order valence-corrected chi connectivity index (χ1v) is 8.32. The summed E-state index contributed by atoms with van der Waals surface area (Å²) in [4.78, 5) is 23.8. The summed E-state index contributed by atoms with van der Waals surface area (Å²) in [6.45, 7) is -0.0634. The van der Waals surface area contributed by atoms with E-state index < -0.39 is 0 Å². The molecule has 0 fully saturated rings. The monoisotopic (exact) mass is 390 g/mol. The lowest BCUT2D eigenvalue weighted by molar-refractivity contribution is -0.124. The summed E-state index contributed by atoms with van der Waals surface area (Å²) in [7, 11) is 1.60. The van der Waals surface area contributed by atoms with Crippen molar-refractivity contribution in [2.24, 2.45) is 0 Å². The van der Waals surface area contributed by atoms with Crippen LogP contribution in [-0.4, -0.2) is 25.5 Å². The van der Waals surface area contributed by atoms with Gasteiger partial charge in [0.1, 0.15) is 5.75 Å². The molecule has 0 radical (unpaired) electrons. The maximum Gasteiger partial charge on any atom is 0.243 e. The number of para-hydroxylation sites is 2. The zero-order valence-corrected chi connectivity index (χ0v) is 14.9. The lowest BCUT2D eigenvalue weighted by atomic mass is 10.1. The van der Waals surface area contributed by atoms with Crippen LogP contribution in [0, 0.1) is 0 Å². The van der Waals surface area contributed by atoms with Gasteiger partial charge in [0.05, 0.1) is 19.3 Å². The molecule has 2 rings (SSSR count). The van der Waals surface area contributed by atoms with Crippen LogP contribution in [0.25, 0.3) is 0 Å². The van der Waals surface area contributed by atoms with Gasteiger partial charge in [0.15, 0.2) is 0 Å². The molecule has 0 unspecified atom stereocenters. The van der Waals surface area contributed by atoms with Gasteiger partial charge >= 0.3 is 0 Å². The highest BCUT2D eigenvalue weighted by atomic mass is 79.9. The van der Waals surface area contributed by atoms with Crippen LogP contribution in [0.3, 0.4) is 0 Å². The minimum Gasteiger partial charge on any atom is -0.496 e. The van der Waals surface area contributed by atoms with E-state index in [9.17, 15) is 9.59 Å². The van der Waals surface area contributed by atoms with Crippen molar-refractivity contribution in [3.8, 4) is 5.75 Å². The molecule has 0 saturated heterocycles. The van der Waals surface area contributed by atoms with Gasteiger partial charge in [0.2, 0.25) is 11.8 Å². The first kappa shape index (κ1) is 18.0. The number of methoxy groups -OCH3 is 1. The molecule has 126 valence electrons. The van der Waals surface area contributed by atoms with Crippen molar-refractivity contribution in [1.82, 2.24) is 5.32 Å². The lowest BCUT2D eigenvalue weighted by Gasteiger charge is -2.09. The summed E-state index contributed by atoms with van der Waals surface area (Å²) in [5.41, 5.74) is 1.64. The highest BCUT2D eigenvalue weighted by Gasteiger charge is 2.09. The molecule has 0 aliphatic carbocycles. The fourth-order valence-corrected chi connectivity index (χ4v) is 2.57. The van der Waals surface area contributed by atoms with Gasteiger partial charge < -0.3 is 15.4 Å². The van der Waals surface area contributed by atoms with E-state index in [-0.39, 0.29) is 18.4 Å². The Hall–Kier alpha value is -2.34. The van der Waals surface area contributed by atoms with Gasteiger partial charge in [-0.1, -0.05) is 30.3 Å². The smallest absolute Gasteiger partial charge is 0.243 e. The van der Waals surface area contributed by atoms with E-state index in [2.05, 4.69) is 26.6 Å². The Morgan fingerprint density at radius 1 is 1.04 bits per heavy atom.